The van der Waals surface area contributed by atoms with Crippen LogP contribution >= 0.6 is 11.6 Å². The molecular formula is C25H28ClN3O4S. The second-order valence-corrected chi connectivity index (χ2v) is 11.0. The fraction of sp³-hybridized carbons (Fsp3) is 0.280. The monoisotopic (exact) mass is 501 g/mol. The van der Waals surface area contributed by atoms with Crippen LogP contribution in [0.1, 0.15) is 37.1 Å². The lowest BCUT2D eigenvalue weighted by molar-refractivity contribution is 0.0528. The van der Waals surface area contributed by atoms with E-state index in [0.29, 0.717) is 33.8 Å². The molecule has 7 nitrogen and oxygen atoms in total. The van der Waals surface area contributed by atoms with Crippen molar-refractivity contribution in [3.05, 3.63) is 89.9 Å². The molecule has 2 heterocycles. The van der Waals surface area contributed by atoms with E-state index in [-0.39, 0.29) is 6.54 Å². The number of carbonyl (C=O) groups is 1. The van der Waals surface area contributed by atoms with Gasteiger partial charge in [0, 0.05) is 35.7 Å². The van der Waals surface area contributed by atoms with E-state index in [0.717, 1.165) is 0 Å². The average molecular weight is 502 g/mol. The molecule has 180 valence electrons. The summed E-state index contributed by atoms with van der Waals surface area (Å²) in [6.45, 7) is 9.37. The molecule has 3 rings (SSSR count). The quantitative estimate of drug-likeness (QED) is 0.419. The van der Waals surface area contributed by atoms with Gasteiger partial charge < -0.3 is 10.1 Å². The zero-order valence-electron chi connectivity index (χ0n) is 19.4. The minimum absolute atomic E-state index is 0.272. The van der Waals surface area contributed by atoms with Gasteiger partial charge in [-0.15, -0.1) is 6.58 Å². The first-order chi connectivity index (χ1) is 16.0. The summed E-state index contributed by atoms with van der Waals surface area (Å²) in [4.78, 5) is 16.0. The Morgan fingerprint density at radius 3 is 2.62 bits per heavy atom. The first kappa shape index (κ1) is 25.5. The molecule has 34 heavy (non-hydrogen) atoms. The summed E-state index contributed by atoms with van der Waals surface area (Å²) in [5, 5.41) is 2.11. The fourth-order valence-electron chi connectivity index (χ4n) is 3.43. The molecular weight excluding hydrogens is 474 g/mol. The van der Waals surface area contributed by atoms with Crippen molar-refractivity contribution in [3.8, 4) is 11.3 Å². The maximum atomic E-state index is 13.8. The number of hydrogen-bond acceptors (Lipinski definition) is 5. The van der Waals surface area contributed by atoms with Crippen molar-refractivity contribution in [1.82, 2.24) is 14.3 Å². The third-order valence-corrected chi connectivity index (χ3v) is 7.18. The van der Waals surface area contributed by atoms with Gasteiger partial charge in [0.2, 0.25) is 10.0 Å². The summed E-state index contributed by atoms with van der Waals surface area (Å²) in [5.41, 5.74) is 1.61. The number of nitrogens with zero attached hydrogens (tertiary/aromatic N) is 2. The normalized spacial score (nSPS) is 12.7. The highest BCUT2D eigenvalue weighted by molar-refractivity contribution is 7.90. The zero-order valence-corrected chi connectivity index (χ0v) is 20.9. The molecule has 0 spiro atoms. The van der Waals surface area contributed by atoms with Gasteiger partial charge in [-0.2, -0.15) is 0 Å². The van der Waals surface area contributed by atoms with Crippen molar-refractivity contribution >= 4 is 27.7 Å². The number of carbonyl (C=O) groups excluding carboxylic acids is 1. The van der Waals surface area contributed by atoms with Crippen LogP contribution in [0.15, 0.2) is 73.7 Å². The van der Waals surface area contributed by atoms with Crippen molar-refractivity contribution in [3.63, 3.8) is 0 Å². The molecule has 0 aliphatic heterocycles. The summed E-state index contributed by atoms with van der Waals surface area (Å²) < 4.78 is 34.0. The van der Waals surface area contributed by atoms with Crippen LogP contribution in [0.3, 0.4) is 0 Å². The zero-order chi connectivity index (χ0) is 24.9. The first-order valence-corrected chi connectivity index (χ1v) is 12.6. The summed E-state index contributed by atoms with van der Waals surface area (Å²) in [7, 11) is -3.96. The Morgan fingerprint density at radius 2 is 2.00 bits per heavy atom. The highest BCUT2D eigenvalue weighted by atomic mass is 35.5. The number of pyridine rings is 1. The Bertz CT molecular complexity index is 1260. The maximum absolute atomic E-state index is 13.8. The predicted octanol–water partition coefficient (Wildman–Crippen LogP) is 5.38. The molecule has 1 atom stereocenters. The van der Waals surface area contributed by atoms with Crippen molar-refractivity contribution < 1.29 is 17.9 Å². The molecule has 1 N–H and O–H groups in total. The lowest BCUT2D eigenvalue weighted by Gasteiger charge is -2.19. The largest absolute Gasteiger partial charge is 0.444 e. The third-order valence-electron chi connectivity index (χ3n) is 4.90. The SMILES string of the molecule is C=CC(c1cccnc1)S(=O)(=O)n1cc(CCNC(=O)OC(C)(C)C)cc1-c1ccccc1Cl. The summed E-state index contributed by atoms with van der Waals surface area (Å²) in [6.07, 6.45) is 5.88. The van der Waals surface area contributed by atoms with Crippen molar-refractivity contribution in [1.29, 1.82) is 0 Å². The van der Waals surface area contributed by atoms with Gasteiger partial charge in [0.1, 0.15) is 10.9 Å². The fourth-order valence-corrected chi connectivity index (χ4v) is 5.34. The molecule has 0 fully saturated rings. The number of halogens is 1. The third kappa shape index (κ3) is 6.07. The lowest BCUT2D eigenvalue weighted by atomic mass is 10.1. The molecule has 0 radical (unpaired) electrons. The second-order valence-electron chi connectivity index (χ2n) is 8.68. The topological polar surface area (TPSA) is 90.3 Å². The smallest absolute Gasteiger partial charge is 0.407 e. The van der Waals surface area contributed by atoms with E-state index in [2.05, 4.69) is 16.9 Å². The maximum Gasteiger partial charge on any atom is 0.407 e. The van der Waals surface area contributed by atoms with Gasteiger partial charge in [0.15, 0.2) is 0 Å². The summed E-state index contributed by atoms with van der Waals surface area (Å²) >= 11 is 6.42. The van der Waals surface area contributed by atoms with Crippen LogP contribution in [-0.4, -0.2) is 35.6 Å². The second kappa shape index (κ2) is 10.4. The van der Waals surface area contributed by atoms with Crippen LogP contribution in [0.25, 0.3) is 11.3 Å². The number of amides is 1. The van der Waals surface area contributed by atoms with Crippen molar-refractivity contribution in [2.75, 3.05) is 6.54 Å². The van der Waals surface area contributed by atoms with E-state index in [4.69, 9.17) is 16.3 Å². The summed E-state index contributed by atoms with van der Waals surface area (Å²) in [6, 6.07) is 12.2. The predicted molar refractivity (Wildman–Crippen MR) is 134 cm³/mol. The number of ether oxygens (including phenoxy) is 1. The number of alkyl carbamates (subject to hydrolysis) is 1. The Kier molecular flexibility index (Phi) is 7.84. The molecule has 1 amide bonds. The number of nitrogens with one attached hydrogen (secondary N) is 1. The van der Waals surface area contributed by atoms with Gasteiger partial charge >= 0.3 is 6.09 Å². The van der Waals surface area contributed by atoms with Gasteiger partial charge in [0.25, 0.3) is 0 Å². The van der Waals surface area contributed by atoms with E-state index in [1.165, 1.54) is 16.2 Å². The molecule has 0 saturated heterocycles. The Labute approximate surface area is 205 Å². The molecule has 9 heteroatoms. The first-order valence-electron chi connectivity index (χ1n) is 10.7. The Hall–Kier alpha value is -3.10. The lowest BCUT2D eigenvalue weighted by Crippen LogP contribution is -2.33. The summed E-state index contributed by atoms with van der Waals surface area (Å²) in [5.74, 6) is 0. The van der Waals surface area contributed by atoms with Crippen LogP contribution in [-0.2, 0) is 21.2 Å². The van der Waals surface area contributed by atoms with Crippen molar-refractivity contribution in [2.24, 2.45) is 0 Å². The van der Waals surface area contributed by atoms with Crippen LogP contribution in [0.2, 0.25) is 5.02 Å². The van der Waals surface area contributed by atoms with Crippen LogP contribution < -0.4 is 5.32 Å². The van der Waals surface area contributed by atoms with Gasteiger partial charge in [-0.25, -0.2) is 17.2 Å². The Balaban J connectivity index is 1.97. The minimum atomic E-state index is -3.96. The molecule has 0 aliphatic carbocycles. The van der Waals surface area contributed by atoms with Gasteiger partial charge in [-0.3, -0.25) is 4.98 Å². The van der Waals surface area contributed by atoms with E-state index >= 15 is 0 Å². The Morgan fingerprint density at radius 1 is 1.26 bits per heavy atom. The molecule has 0 bridgehead atoms. The molecule has 0 aliphatic rings. The average Bonchev–Trinajstić information content (AvgIpc) is 3.19. The van der Waals surface area contributed by atoms with Gasteiger partial charge in [-0.05, 0) is 56.5 Å². The minimum Gasteiger partial charge on any atom is -0.444 e. The standard InChI is InChI=1S/C25H28ClN3O4S/c1-5-23(19-9-8-13-27-16-19)34(31,32)29-17-18(12-14-28-24(30)33-25(2,3)4)15-22(29)20-10-6-7-11-21(20)26/h5-11,13,15-17,23H,1,12,14H2,2-4H3,(H,28,30). The van der Waals surface area contributed by atoms with E-state index in [1.54, 1.807) is 75.6 Å². The van der Waals surface area contributed by atoms with Crippen molar-refractivity contribution in [2.45, 2.75) is 38.0 Å². The number of rotatable bonds is 8. The van der Waals surface area contributed by atoms with Gasteiger partial charge in [-0.1, -0.05) is 41.9 Å². The number of benzene rings is 1. The highest BCUT2D eigenvalue weighted by Crippen LogP contribution is 2.34. The molecule has 1 unspecified atom stereocenters. The van der Waals surface area contributed by atoms with Gasteiger partial charge in [0.05, 0.1) is 5.69 Å². The molecule has 1 aromatic carbocycles. The van der Waals surface area contributed by atoms with Crippen LogP contribution in [0, 0.1) is 0 Å². The molecule has 0 saturated carbocycles. The van der Waals surface area contributed by atoms with E-state index in [9.17, 15) is 13.2 Å². The van der Waals surface area contributed by atoms with Crippen LogP contribution in [0.5, 0.6) is 0 Å². The highest BCUT2D eigenvalue weighted by Gasteiger charge is 2.29. The van der Waals surface area contributed by atoms with Crippen LogP contribution in [0.4, 0.5) is 4.79 Å². The number of hydrogen-bond donors (Lipinski definition) is 1. The molecule has 2 aromatic heterocycles. The number of aromatic nitrogens is 2. The van der Waals surface area contributed by atoms with E-state index in [1.807, 2.05) is 0 Å². The van der Waals surface area contributed by atoms with E-state index < -0.39 is 27.0 Å². The molecule has 3 aromatic rings.